The van der Waals surface area contributed by atoms with Crippen molar-refractivity contribution < 1.29 is 31.8 Å². The molecule has 0 N–H and O–H groups in total. The smallest absolute Gasteiger partial charge is 0.462 e. The molecular weight excluding hydrogens is 316 g/mol. The van der Waals surface area contributed by atoms with Gasteiger partial charge in [0.1, 0.15) is 11.6 Å². The molecule has 0 saturated carbocycles. The molecule has 0 spiro atoms. The lowest BCUT2D eigenvalue weighted by Gasteiger charge is -2.12. The van der Waals surface area contributed by atoms with Gasteiger partial charge in [-0.3, -0.25) is 0 Å². The van der Waals surface area contributed by atoms with Crippen LogP contribution in [0.25, 0.3) is 11.1 Å². The zero-order chi connectivity index (χ0) is 17.0. The zero-order valence-corrected chi connectivity index (χ0v) is 12.0. The first-order chi connectivity index (χ1) is 10.8. The van der Waals surface area contributed by atoms with Crippen LogP contribution in [0.3, 0.4) is 0 Å². The Morgan fingerprint density at radius 1 is 1.13 bits per heavy atom. The molecule has 0 fully saturated rings. The maximum Gasteiger partial charge on any atom is 0.573 e. The molecule has 3 nitrogen and oxygen atoms in total. The van der Waals surface area contributed by atoms with Gasteiger partial charge in [0, 0.05) is 0 Å². The van der Waals surface area contributed by atoms with Crippen molar-refractivity contribution in [2.75, 3.05) is 6.61 Å². The standard InChI is InChI=1S/C16H12F4O3/c1-2-22-15(21)13-7-6-11(17)9-14(13)10-4-3-5-12(8-10)23-16(18,19)20/h3-9H,2H2,1H3. The van der Waals surface area contributed by atoms with Crippen molar-refractivity contribution in [3.8, 4) is 16.9 Å². The van der Waals surface area contributed by atoms with Gasteiger partial charge in [-0.15, -0.1) is 13.2 Å². The predicted molar refractivity (Wildman–Crippen MR) is 74.5 cm³/mol. The Balaban J connectivity index is 2.47. The number of hydrogen-bond donors (Lipinski definition) is 0. The first kappa shape index (κ1) is 16.8. The van der Waals surface area contributed by atoms with Gasteiger partial charge < -0.3 is 9.47 Å². The summed E-state index contributed by atoms with van der Waals surface area (Å²) in [5, 5.41) is 0. The fourth-order valence-electron chi connectivity index (χ4n) is 2.00. The quantitative estimate of drug-likeness (QED) is 0.609. The van der Waals surface area contributed by atoms with Crippen molar-refractivity contribution in [3.05, 3.63) is 53.8 Å². The van der Waals surface area contributed by atoms with Crippen LogP contribution in [-0.4, -0.2) is 18.9 Å². The Morgan fingerprint density at radius 2 is 1.87 bits per heavy atom. The second-order valence-corrected chi connectivity index (χ2v) is 4.49. The number of esters is 1. The molecule has 0 bridgehead atoms. The second kappa shape index (κ2) is 6.68. The lowest BCUT2D eigenvalue weighted by molar-refractivity contribution is -0.274. The molecule has 23 heavy (non-hydrogen) atoms. The molecular formula is C16H12F4O3. The number of carbonyl (C=O) groups excluding carboxylic acids is 1. The lowest BCUT2D eigenvalue weighted by atomic mass is 9.99. The van der Waals surface area contributed by atoms with Crippen molar-refractivity contribution in [1.82, 2.24) is 0 Å². The SMILES string of the molecule is CCOC(=O)c1ccc(F)cc1-c1cccc(OC(F)(F)F)c1. The first-order valence-corrected chi connectivity index (χ1v) is 6.63. The van der Waals surface area contributed by atoms with E-state index in [0.29, 0.717) is 0 Å². The van der Waals surface area contributed by atoms with E-state index in [1.165, 1.54) is 18.2 Å². The number of ether oxygens (including phenoxy) is 2. The molecule has 7 heteroatoms. The van der Waals surface area contributed by atoms with Crippen LogP contribution in [0, 0.1) is 5.82 Å². The maximum absolute atomic E-state index is 13.5. The zero-order valence-electron chi connectivity index (χ0n) is 12.0. The minimum Gasteiger partial charge on any atom is -0.462 e. The summed E-state index contributed by atoms with van der Waals surface area (Å²) in [5.74, 6) is -1.78. The van der Waals surface area contributed by atoms with E-state index in [2.05, 4.69) is 4.74 Å². The normalized spacial score (nSPS) is 11.2. The monoisotopic (exact) mass is 328 g/mol. The summed E-state index contributed by atoms with van der Waals surface area (Å²) in [7, 11) is 0. The van der Waals surface area contributed by atoms with Crippen LogP contribution in [0.1, 0.15) is 17.3 Å². The minimum atomic E-state index is -4.84. The number of rotatable bonds is 4. The van der Waals surface area contributed by atoms with Crippen LogP contribution < -0.4 is 4.74 Å². The van der Waals surface area contributed by atoms with E-state index in [0.717, 1.165) is 24.3 Å². The molecule has 2 rings (SSSR count). The molecule has 0 unspecified atom stereocenters. The number of carbonyl (C=O) groups is 1. The van der Waals surface area contributed by atoms with Gasteiger partial charge in [-0.25, -0.2) is 9.18 Å². The van der Waals surface area contributed by atoms with Gasteiger partial charge in [-0.05, 0) is 48.4 Å². The van der Waals surface area contributed by atoms with E-state index in [1.807, 2.05) is 0 Å². The molecule has 122 valence electrons. The van der Waals surface area contributed by atoms with E-state index in [9.17, 15) is 22.4 Å². The highest BCUT2D eigenvalue weighted by Crippen LogP contribution is 2.30. The van der Waals surface area contributed by atoms with E-state index in [-0.39, 0.29) is 23.3 Å². The van der Waals surface area contributed by atoms with Crippen molar-refractivity contribution in [1.29, 1.82) is 0 Å². The Kier molecular flexibility index (Phi) is 4.88. The lowest BCUT2D eigenvalue weighted by Crippen LogP contribution is -2.17. The summed E-state index contributed by atoms with van der Waals surface area (Å²) >= 11 is 0. The third-order valence-corrected chi connectivity index (χ3v) is 2.86. The van der Waals surface area contributed by atoms with Gasteiger partial charge in [0.05, 0.1) is 12.2 Å². The fraction of sp³-hybridized carbons (Fsp3) is 0.188. The fourth-order valence-corrected chi connectivity index (χ4v) is 2.00. The molecule has 0 aliphatic carbocycles. The third-order valence-electron chi connectivity index (χ3n) is 2.86. The van der Waals surface area contributed by atoms with E-state index in [1.54, 1.807) is 6.92 Å². The van der Waals surface area contributed by atoms with Gasteiger partial charge in [0.15, 0.2) is 0 Å². The van der Waals surface area contributed by atoms with E-state index in [4.69, 9.17) is 4.74 Å². The van der Waals surface area contributed by atoms with Crippen molar-refractivity contribution in [2.45, 2.75) is 13.3 Å². The molecule has 0 saturated heterocycles. The Labute approximate surface area is 129 Å². The summed E-state index contributed by atoms with van der Waals surface area (Å²) in [6, 6.07) is 8.30. The molecule has 0 aliphatic heterocycles. The first-order valence-electron chi connectivity index (χ1n) is 6.63. The molecule has 0 atom stereocenters. The van der Waals surface area contributed by atoms with Crippen LogP contribution in [0.5, 0.6) is 5.75 Å². The van der Waals surface area contributed by atoms with Crippen LogP contribution >= 0.6 is 0 Å². The van der Waals surface area contributed by atoms with Gasteiger partial charge in [0.25, 0.3) is 0 Å². The van der Waals surface area contributed by atoms with Gasteiger partial charge in [-0.2, -0.15) is 0 Å². The molecule has 0 aliphatic rings. The van der Waals surface area contributed by atoms with Crippen LogP contribution in [-0.2, 0) is 4.74 Å². The summed E-state index contributed by atoms with van der Waals surface area (Å²) in [6.45, 7) is 1.73. The highest BCUT2D eigenvalue weighted by Gasteiger charge is 2.31. The molecule has 0 aromatic heterocycles. The van der Waals surface area contributed by atoms with E-state index >= 15 is 0 Å². The minimum absolute atomic E-state index is 0.0532. The van der Waals surface area contributed by atoms with Crippen molar-refractivity contribution in [2.24, 2.45) is 0 Å². The predicted octanol–water partition coefficient (Wildman–Crippen LogP) is 4.57. The summed E-state index contributed by atoms with van der Waals surface area (Å²) < 4.78 is 59.1. The summed E-state index contributed by atoms with van der Waals surface area (Å²) in [4.78, 5) is 11.9. The van der Waals surface area contributed by atoms with Crippen LogP contribution in [0.4, 0.5) is 17.6 Å². The maximum atomic E-state index is 13.5. The van der Waals surface area contributed by atoms with Gasteiger partial charge in [-0.1, -0.05) is 12.1 Å². The molecule has 0 radical (unpaired) electrons. The van der Waals surface area contributed by atoms with Crippen LogP contribution in [0.2, 0.25) is 0 Å². The highest BCUT2D eigenvalue weighted by atomic mass is 19.4. The number of hydrogen-bond acceptors (Lipinski definition) is 3. The molecule has 2 aromatic rings. The van der Waals surface area contributed by atoms with Crippen molar-refractivity contribution in [3.63, 3.8) is 0 Å². The van der Waals surface area contributed by atoms with Gasteiger partial charge in [0.2, 0.25) is 0 Å². The Hall–Kier alpha value is -2.57. The Bertz CT molecular complexity index is 711. The van der Waals surface area contributed by atoms with Crippen LogP contribution in [0.15, 0.2) is 42.5 Å². The van der Waals surface area contributed by atoms with Crippen molar-refractivity contribution >= 4 is 5.97 Å². The van der Waals surface area contributed by atoms with E-state index < -0.39 is 23.9 Å². The molecule has 0 amide bonds. The topological polar surface area (TPSA) is 35.5 Å². The largest absolute Gasteiger partial charge is 0.573 e. The number of halogens is 4. The second-order valence-electron chi connectivity index (χ2n) is 4.49. The number of alkyl halides is 3. The number of benzene rings is 2. The van der Waals surface area contributed by atoms with Gasteiger partial charge >= 0.3 is 12.3 Å². The average molecular weight is 328 g/mol. The summed E-state index contributed by atoms with van der Waals surface area (Å²) in [6.07, 6.45) is -4.84. The highest BCUT2D eigenvalue weighted by molar-refractivity contribution is 5.97. The third kappa shape index (κ3) is 4.45. The average Bonchev–Trinajstić information content (AvgIpc) is 2.46. The molecule has 0 heterocycles. The summed E-state index contributed by atoms with van der Waals surface area (Å²) in [5.41, 5.74) is 0.378. The molecule has 2 aromatic carbocycles. The Morgan fingerprint density at radius 3 is 2.52 bits per heavy atom.